The summed E-state index contributed by atoms with van der Waals surface area (Å²) in [5.74, 6) is 0. The topological polar surface area (TPSA) is 24.3 Å². The van der Waals surface area contributed by atoms with Crippen molar-refractivity contribution in [3.05, 3.63) is 59.5 Å². The lowest BCUT2D eigenvalue weighted by Crippen LogP contribution is -2.26. The van der Waals surface area contributed by atoms with Crippen molar-refractivity contribution in [2.45, 2.75) is 19.9 Å². The molecule has 0 N–H and O–H groups in total. The summed E-state index contributed by atoms with van der Waals surface area (Å²) < 4.78 is 2.41. The highest BCUT2D eigenvalue weighted by Gasteiger charge is 2.22. The van der Waals surface area contributed by atoms with Gasteiger partial charge in [-0.15, -0.1) is 0 Å². The zero-order valence-corrected chi connectivity index (χ0v) is 16.0. The lowest BCUT2D eigenvalue weighted by Gasteiger charge is -2.23. The fourth-order valence-corrected chi connectivity index (χ4v) is 3.82. The second-order valence-corrected chi connectivity index (χ2v) is 7.43. The number of nitrogens with zero attached hydrogens (tertiary/aromatic N) is 4. The van der Waals surface area contributed by atoms with E-state index >= 15 is 0 Å². The van der Waals surface area contributed by atoms with Crippen LogP contribution in [-0.2, 0) is 13.0 Å². The van der Waals surface area contributed by atoms with E-state index in [0.717, 1.165) is 19.5 Å². The number of fused-ring (bicyclic) bond motifs is 3. The molecule has 0 spiro atoms. The van der Waals surface area contributed by atoms with Crippen molar-refractivity contribution < 1.29 is 0 Å². The Hall–Kier alpha value is -2.59. The highest BCUT2D eigenvalue weighted by molar-refractivity contribution is 5.92. The quantitative estimate of drug-likeness (QED) is 0.713. The third kappa shape index (κ3) is 2.90. The molecule has 0 saturated carbocycles. The molecule has 26 heavy (non-hydrogen) atoms. The molecule has 4 nitrogen and oxygen atoms in total. The van der Waals surface area contributed by atoms with Crippen molar-refractivity contribution in [3.63, 3.8) is 0 Å². The van der Waals surface area contributed by atoms with Gasteiger partial charge in [0.2, 0.25) is 0 Å². The minimum atomic E-state index is 1.01. The van der Waals surface area contributed by atoms with E-state index in [1.54, 1.807) is 0 Å². The van der Waals surface area contributed by atoms with Crippen molar-refractivity contribution in [2.24, 2.45) is 0 Å². The molecule has 134 valence electrons. The van der Waals surface area contributed by atoms with E-state index < -0.39 is 0 Å². The van der Waals surface area contributed by atoms with Gasteiger partial charge in [0.25, 0.3) is 0 Å². The van der Waals surface area contributed by atoms with E-state index in [4.69, 9.17) is 0 Å². The van der Waals surface area contributed by atoms with Gasteiger partial charge >= 0.3 is 0 Å². The Morgan fingerprint density at radius 2 is 1.92 bits per heavy atom. The van der Waals surface area contributed by atoms with E-state index in [0.29, 0.717) is 0 Å². The summed E-state index contributed by atoms with van der Waals surface area (Å²) in [5.41, 5.74) is 7.93. The molecule has 4 rings (SSSR count). The maximum atomic E-state index is 4.14. The monoisotopic (exact) mass is 346 g/mol. The van der Waals surface area contributed by atoms with Crippen molar-refractivity contribution in [3.8, 4) is 0 Å². The summed E-state index contributed by atoms with van der Waals surface area (Å²) in [6.07, 6.45) is 7.08. The fraction of sp³-hybridized carbons (Fsp3) is 0.318. The Labute approximate surface area is 155 Å². The van der Waals surface area contributed by atoms with Crippen LogP contribution in [0.1, 0.15) is 23.7 Å². The van der Waals surface area contributed by atoms with Crippen molar-refractivity contribution in [1.29, 1.82) is 0 Å². The average Bonchev–Trinajstić information content (AvgIpc) is 2.95. The normalized spacial score (nSPS) is 15.3. The molecule has 0 aliphatic carbocycles. The molecule has 0 unspecified atom stereocenters. The molecule has 3 aromatic rings. The molecule has 3 heterocycles. The summed E-state index contributed by atoms with van der Waals surface area (Å²) in [4.78, 5) is 8.72. The second-order valence-electron chi connectivity index (χ2n) is 7.43. The molecular formula is C22H26N4. The van der Waals surface area contributed by atoms with Gasteiger partial charge in [0.1, 0.15) is 0 Å². The number of likely N-dealkylation sites (N-methyl/N-ethyl adjacent to an activating group) is 1. The van der Waals surface area contributed by atoms with Crippen LogP contribution in [0.3, 0.4) is 0 Å². The van der Waals surface area contributed by atoms with Gasteiger partial charge < -0.3 is 14.4 Å². The van der Waals surface area contributed by atoms with Crippen LogP contribution in [-0.4, -0.2) is 42.1 Å². The number of pyridine rings is 1. The van der Waals surface area contributed by atoms with E-state index in [2.05, 4.69) is 83.9 Å². The van der Waals surface area contributed by atoms with E-state index in [1.165, 1.54) is 39.0 Å². The van der Waals surface area contributed by atoms with Crippen molar-refractivity contribution in [2.75, 3.05) is 32.6 Å². The smallest absolute Gasteiger partial charge is 0.0530 e. The lowest BCUT2D eigenvalue weighted by atomic mass is 10.0. The van der Waals surface area contributed by atoms with Gasteiger partial charge in [-0.25, -0.2) is 0 Å². The minimum Gasteiger partial charge on any atom is -0.378 e. The first-order valence-electron chi connectivity index (χ1n) is 9.15. The van der Waals surface area contributed by atoms with Gasteiger partial charge in [0.05, 0.1) is 5.52 Å². The predicted octanol–water partition coefficient (Wildman–Crippen LogP) is 4.11. The van der Waals surface area contributed by atoms with Gasteiger partial charge in [0, 0.05) is 69.0 Å². The van der Waals surface area contributed by atoms with Crippen LogP contribution in [0.5, 0.6) is 0 Å². The van der Waals surface area contributed by atoms with Gasteiger partial charge in [-0.1, -0.05) is 0 Å². The molecule has 4 heteroatoms. The summed E-state index contributed by atoms with van der Waals surface area (Å²) in [7, 11) is 6.41. The maximum Gasteiger partial charge on any atom is 0.0530 e. The number of hydrogen-bond acceptors (Lipinski definition) is 3. The molecule has 0 amide bonds. The predicted molar refractivity (Wildman–Crippen MR) is 110 cm³/mol. The zero-order valence-electron chi connectivity index (χ0n) is 16.0. The van der Waals surface area contributed by atoms with E-state index in [9.17, 15) is 0 Å². The summed E-state index contributed by atoms with van der Waals surface area (Å²) in [5, 5.41) is 1.37. The molecule has 0 saturated heterocycles. The molecule has 2 aromatic heterocycles. The van der Waals surface area contributed by atoms with Gasteiger partial charge in [0.15, 0.2) is 0 Å². The largest absolute Gasteiger partial charge is 0.378 e. The summed E-state index contributed by atoms with van der Waals surface area (Å²) in [6, 6.07) is 11.0. The zero-order chi connectivity index (χ0) is 18.3. The minimum absolute atomic E-state index is 1.01. The second kappa shape index (κ2) is 6.61. The molecule has 1 aliphatic rings. The van der Waals surface area contributed by atoms with Crippen LogP contribution in [0, 0.1) is 0 Å². The Morgan fingerprint density at radius 3 is 2.65 bits per heavy atom. The highest BCUT2D eigenvalue weighted by Crippen LogP contribution is 2.34. The van der Waals surface area contributed by atoms with Crippen LogP contribution in [0.15, 0.2) is 42.7 Å². The SMILES string of the molecule is CC(=Cn1c2c(c3cc(N(C)C)ccc31)CN(C)CC2)c1ccncc1. The van der Waals surface area contributed by atoms with Crippen LogP contribution in [0.25, 0.3) is 22.7 Å². The van der Waals surface area contributed by atoms with Crippen LogP contribution in [0.4, 0.5) is 5.69 Å². The standard InChI is InChI=1S/C22H26N4/c1-16(17-7-10-23-11-8-17)14-26-21-6-5-18(24(2)3)13-19(21)20-15-25(4)12-9-22(20)26/h5-8,10-11,13-14H,9,12,15H2,1-4H3. The van der Waals surface area contributed by atoms with Crippen LogP contribution < -0.4 is 4.90 Å². The first-order chi connectivity index (χ1) is 12.5. The van der Waals surface area contributed by atoms with Crippen molar-refractivity contribution >= 4 is 28.4 Å². The summed E-state index contributed by atoms with van der Waals surface area (Å²) >= 11 is 0. The number of aromatic nitrogens is 2. The van der Waals surface area contributed by atoms with Crippen molar-refractivity contribution in [1.82, 2.24) is 14.5 Å². The van der Waals surface area contributed by atoms with Crippen LogP contribution in [0.2, 0.25) is 0 Å². The highest BCUT2D eigenvalue weighted by atomic mass is 15.1. The number of rotatable bonds is 3. The molecule has 0 bridgehead atoms. The lowest BCUT2D eigenvalue weighted by molar-refractivity contribution is 0.312. The first-order valence-corrected chi connectivity index (χ1v) is 9.15. The maximum absolute atomic E-state index is 4.14. The number of allylic oxidation sites excluding steroid dienone is 1. The summed E-state index contributed by atoms with van der Waals surface area (Å²) in [6.45, 7) is 4.29. The van der Waals surface area contributed by atoms with Gasteiger partial charge in [-0.2, -0.15) is 0 Å². The Balaban J connectivity index is 1.92. The molecule has 1 aromatic carbocycles. The number of benzene rings is 1. The molecule has 0 radical (unpaired) electrons. The number of hydrogen-bond donors (Lipinski definition) is 0. The molecular weight excluding hydrogens is 320 g/mol. The molecule has 0 atom stereocenters. The van der Waals surface area contributed by atoms with Gasteiger partial charge in [-0.3, -0.25) is 4.98 Å². The molecule has 0 fully saturated rings. The first kappa shape index (κ1) is 16.9. The van der Waals surface area contributed by atoms with E-state index in [-0.39, 0.29) is 0 Å². The Bertz CT molecular complexity index is 967. The third-order valence-corrected chi connectivity index (χ3v) is 5.34. The average molecular weight is 346 g/mol. The fourth-order valence-electron chi connectivity index (χ4n) is 3.82. The van der Waals surface area contributed by atoms with Crippen LogP contribution >= 0.6 is 0 Å². The molecule has 1 aliphatic heterocycles. The Kier molecular flexibility index (Phi) is 4.29. The Morgan fingerprint density at radius 1 is 1.15 bits per heavy atom. The van der Waals surface area contributed by atoms with E-state index in [1.807, 2.05) is 12.4 Å². The van der Waals surface area contributed by atoms with Gasteiger partial charge in [-0.05, 0) is 61.0 Å². The third-order valence-electron chi connectivity index (χ3n) is 5.34. The number of anilines is 1.